The van der Waals surface area contributed by atoms with Crippen LogP contribution in [0.4, 0.5) is 5.69 Å². The number of rotatable bonds is 3. The Morgan fingerprint density at radius 2 is 1.84 bits per heavy atom. The van der Waals surface area contributed by atoms with Crippen molar-refractivity contribution < 1.29 is 4.42 Å². The number of fused-ring (bicyclic) bond motifs is 1. The smallest absolute Gasteiger partial charge is 0.134 e. The van der Waals surface area contributed by atoms with E-state index < -0.39 is 0 Å². The maximum atomic E-state index is 6.10. The van der Waals surface area contributed by atoms with E-state index in [1.165, 1.54) is 0 Å². The Labute approximate surface area is 120 Å². The van der Waals surface area contributed by atoms with Gasteiger partial charge in [0.25, 0.3) is 0 Å². The van der Waals surface area contributed by atoms with Crippen LogP contribution in [-0.2, 0) is 6.54 Å². The van der Waals surface area contributed by atoms with Gasteiger partial charge in [0, 0.05) is 10.4 Å². The summed E-state index contributed by atoms with van der Waals surface area (Å²) in [5.41, 5.74) is 1.73. The molecule has 0 saturated heterocycles. The molecule has 3 rings (SSSR count). The van der Waals surface area contributed by atoms with E-state index in [0.29, 0.717) is 16.6 Å². The van der Waals surface area contributed by atoms with E-state index in [-0.39, 0.29) is 0 Å². The molecule has 0 aliphatic heterocycles. The molecule has 1 aromatic heterocycles. The van der Waals surface area contributed by atoms with Gasteiger partial charge in [-0.15, -0.1) is 0 Å². The minimum absolute atomic E-state index is 0.579. The zero-order chi connectivity index (χ0) is 13.2. The first-order valence-corrected chi connectivity index (χ1v) is 6.64. The van der Waals surface area contributed by atoms with Crippen LogP contribution in [0.3, 0.4) is 0 Å². The topological polar surface area (TPSA) is 25.2 Å². The average molecular weight is 292 g/mol. The highest BCUT2D eigenvalue weighted by Gasteiger charge is 2.05. The van der Waals surface area contributed by atoms with Gasteiger partial charge < -0.3 is 9.73 Å². The molecule has 1 N–H and O–H groups in total. The lowest BCUT2D eigenvalue weighted by Gasteiger charge is -2.06. The van der Waals surface area contributed by atoms with E-state index in [1.807, 2.05) is 36.4 Å². The van der Waals surface area contributed by atoms with E-state index in [4.69, 9.17) is 27.6 Å². The summed E-state index contributed by atoms with van der Waals surface area (Å²) >= 11 is 12.0. The van der Waals surface area contributed by atoms with Gasteiger partial charge in [-0.25, -0.2) is 0 Å². The van der Waals surface area contributed by atoms with E-state index in [1.54, 1.807) is 12.1 Å². The largest absolute Gasteiger partial charge is 0.459 e. The number of para-hydroxylation sites is 1. The Bertz CT molecular complexity index is 688. The van der Waals surface area contributed by atoms with Crippen molar-refractivity contribution in [2.75, 3.05) is 5.32 Å². The first-order chi connectivity index (χ1) is 9.22. The molecule has 4 heteroatoms. The van der Waals surface area contributed by atoms with E-state index in [9.17, 15) is 0 Å². The summed E-state index contributed by atoms with van der Waals surface area (Å²) < 4.78 is 5.72. The molecule has 0 fully saturated rings. The summed E-state index contributed by atoms with van der Waals surface area (Å²) in [5, 5.41) is 5.56. The van der Waals surface area contributed by atoms with Gasteiger partial charge in [0.15, 0.2) is 0 Å². The Hall–Kier alpha value is -1.64. The van der Waals surface area contributed by atoms with Gasteiger partial charge in [-0.05, 0) is 30.3 Å². The predicted octanol–water partition coefficient (Wildman–Crippen LogP) is 5.35. The summed E-state index contributed by atoms with van der Waals surface area (Å²) in [5.74, 6) is 0.868. The number of halogens is 2. The van der Waals surface area contributed by atoms with Crippen molar-refractivity contribution in [3.05, 3.63) is 64.3 Å². The van der Waals surface area contributed by atoms with E-state index in [0.717, 1.165) is 22.4 Å². The quantitative estimate of drug-likeness (QED) is 0.703. The summed E-state index contributed by atoms with van der Waals surface area (Å²) in [6, 6.07) is 15.3. The molecule has 0 bridgehead atoms. The molecule has 0 aliphatic rings. The molecule has 0 atom stereocenters. The van der Waals surface area contributed by atoms with Gasteiger partial charge in [0.1, 0.15) is 11.3 Å². The van der Waals surface area contributed by atoms with E-state index >= 15 is 0 Å². The van der Waals surface area contributed by atoms with Crippen molar-refractivity contribution in [3.8, 4) is 0 Å². The predicted molar refractivity (Wildman–Crippen MR) is 80.0 cm³/mol. The minimum Gasteiger partial charge on any atom is -0.459 e. The first-order valence-electron chi connectivity index (χ1n) is 5.89. The summed E-state index contributed by atoms with van der Waals surface area (Å²) in [4.78, 5) is 0. The highest BCUT2D eigenvalue weighted by atomic mass is 35.5. The molecule has 3 aromatic rings. The fourth-order valence-electron chi connectivity index (χ4n) is 1.94. The van der Waals surface area contributed by atoms with Gasteiger partial charge in [-0.3, -0.25) is 0 Å². The van der Waals surface area contributed by atoms with Gasteiger partial charge in [-0.2, -0.15) is 0 Å². The van der Waals surface area contributed by atoms with Gasteiger partial charge >= 0.3 is 0 Å². The number of anilines is 1. The number of furan rings is 1. The molecule has 0 radical (unpaired) electrons. The molecule has 19 heavy (non-hydrogen) atoms. The number of benzene rings is 2. The molecular formula is C15H11Cl2NO. The lowest BCUT2D eigenvalue weighted by Crippen LogP contribution is -1.98. The second-order valence-electron chi connectivity index (χ2n) is 4.23. The molecule has 0 aliphatic carbocycles. The van der Waals surface area contributed by atoms with Crippen LogP contribution in [-0.4, -0.2) is 0 Å². The van der Waals surface area contributed by atoms with Crippen molar-refractivity contribution in [2.24, 2.45) is 0 Å². The van der Waals surface area contributed by atoms with Gasteiger partial charge in [-0.1, -0.05) is 41.4 Å². The first kappa shape index (κ1) is 12.4. The van der Waals surface area contributed by atoms with Crippen molar-refractivity contribution in [2.45, 2.75) is 6.54 Å². The SMILES string of the molecule is Clc1ccc(NCc2cc3ccccc3o2)c(Cl)c1. The fourth-order valence-corrected chi connectivity index (χ4v) is 2.41. The van der Waals surface area contributed by atoms with Crippen molar-refractivity contribution in [3.63, 3.8) is 0 Å². The van der Waals surface area contributed by atoms with Gasteiger partial charge in [0.05, 0.1) is 17.3 Å². The number of nitrogens with one attached hydrogen (secondary N) is 1. The van der Waals surface area contributed by atoms with Crippen LogP contribution in [0.2, 0.25) is 10.0 Å². The molecule has 2 aromatic carbocycles. The Morgan fingerprint density at radius 3 is 2.63 bits per heavy atom. The van der Waals surface area contributed by atoms with Crippen LogP contribution in [0.1, 0.15) is 5.76 Å². The standard InChI is InChI=1S/C15H11Cl2NO/c16-11-5-6-14(13(17)8-11)18-9-12-7-10-3-1-2-4-15(10)19-12/h1-8,18H,9H2. The van der Waals surface area contributed by atoms with Crippen molar-refractivity contribution in [1.82, 2.24) is 0 Å². The molecule has 96 valence electrons. The van der Waals surface area contributed by atoms with Crippen molar-refractivity contribution in [1.29, 1.82) is 0 Å². The summed E-state index contributed by atoms with van der Waals surface area (Å²) in [6.07, 6.45) is 0. The number of hydrogen-bond acceptors (Lipinski definition) is 2. The maximum absolute atomic E-state index is 6.10. The second-order valence-corrected chi connectivity index (χ2v) is 5.07. The molecule has 1 heterocycles. The lowest BCUT2D eigenvalue weighted by molar-refractivity contribution is 0.559. The zero-order valence-electron chi connectivity index (χ0n) is 9.99. The minimum atomic E-state index is 0.579. The summed E-state index contributed by atoms with van der Waals surface area (Å²) in [6.45, 7) is 0.579. The average Bonchev–Trinajstić information content (AvgIpc) is 2.80. The maximum Gasteiger partial charge on any atom is 0.134 e. The summed E-state index contributed by atoms with van der Waals surface area (Å²) in [7, 11) is 0. The lowest BCUT2D eigenvalue weighted by atomic mass is 10.2. The highest BCUT2D eigenvalue weighted by Crippen LogP contribution is 2.26. The third-order valence-corrected chi connectivity index (χ3v) is 3.41. The number of hydrogen-bond donors (Lipinski definition) is 1. The normalized spacial score (nSPS) is 10.8. The third kappa shape index (κ3) is 2.70. The zero-order valence-corrected chi connectivity index (χ0v) is 11.5. The van der Waals surface area contributed by atoms with Crippen molar-refractivity contribution >= 4 is 39.9 Å². The fraction of sp³-hybridized carbons (Fsp3) is 0.0667. The van der Waals surface area contributed by atoms with Crippen LogP contribution < -0.4 is 5.32 Å². The van der Waals surface area contributed by atoms with Crippen LogP contribution in [0.25, 0.3) is 11.0 Å². The van der Waals surface area contributed by atoms with Crippen LogP contribution >= 0.6 is 23.2 Å². The Kier molecular flexibility index (Phi) is 3.36. The molecular weight excluding hydrogens is 281 g/mol. The molecule has 0 saturated carbocycles. The Balaban J connectivity index is 1.78. The second kappa shape index (κ2) is 5.16. The third-order valence-electron chi connectivity index (χ3n) is 2.86. The van der Waals surface area contributed by atoms with E-state index in [2.05, 4.69) is 5.32 Å². The molecule has 2 nitrogen and oxygen atoms in total. The molecule has 0 unspecified atom stereocenters. The van der Waals surface area contributed by atoms with Crippen LogP contribution in [0, 0.1) is 0 Å². The highest BCUT2D eigenvalue weighted by molar-refractivity contribution is 6.36. The van der Waals surface area contributed by atoms with Gasteiger partial charge in [0.2, 0.25) is 0 Å². The Morgan fingerprint density at radius 1 is 1.00 bits per heavy atom. The monoisotopic (exact) mass is 291 g/mol. The van der Waals surface area contributed by atoms with Crippen LogP contribution in [0.15, 0.2) is 52.9 Å². The molecule has 0 spiro atoms. The van der Waals surface area contributed by atoms with Crippen LogP contribution in [0.5, 0.6) is 0 Å². The molecule has 0 amide bonds.